The predicted octanol–water partition coefficient (Wildman–Crippen LogP) is 2.12. The fourth-order valence-corrected chi connectivity index (χ4v) is 1.69. The van der Waals surface area contributed by atoms with Crippen LogP contribution in [0.1, 0.15) is 44.0 Å². The van der Waals surface area contributed by atoms with E-state index in [2.05, 4.69) is 5.32 Å². The van der Waals surface area contributed by atoms with E-state index in [-0.39, 0.29) is 30.9 Å². The summed E-state index contributed by atoms with van der Waals surface area (Å²) in [6.07, 6.45) is 1.24. The van der Waals surface area contributed by atoms with Gasteiger partial charge in [-0.2, -0.15) is 0 Å². The highest BCUT2D eigenvalue weighted by atomic mass is 16.6. The van der Waals surface area contributed by atoms with Crippen molar-refractivity contribution in [2.45, 2.75) is 39.7 Å². The van der Waals surface area contributed by atoms with Crippen LogP contribution in [0.25, 0.3) is 0 Å². The van der Waals surface area contributed by atoms with Crippen LogP contribution in [0.15, 0.2) is 24.3 Å². The van der Waals surface area contributed by atoms with E-state index in [4.69, 9.17) is 9.47 Å². The standard InChI is InChI=1S/C17H23NO5/c1-4-12(3)18-16(20)10-23-17(21)11-22-14-8-6-13(7-9-14)15(19)5-2/h6-9,12H,4-5,10-11H2,1-3H3,(H,18,20)/t12-/m0/s1. The Morgan fingerprint density at radius 1 is 1.09 bits per heavy atom. The van der Waals surface area contributed by atoms with Gasteiger partial charge in [-0.05, 0) is 37.6 Å². The van der Waals surface area contributed by atoms with Crippen LogP contribution in [-0.2, 0) is 14.3 Å². The molecule has 0 aliphatic rings. The number of ether oxygens (including phenoxy) is 2. The number of hydrogen-bond donors (Lipinski definition) is 1. The Morgan fingerprint density at radius 2 is 1.74 bits per heavy atom. The van der Waals surface area contributed by atoms with Gasteiger partial charge < -0.3 is 14.8 Å². The van der Waals surface area contributed by atoms with Crippen molar-refractivity contribution in [3.05, 3.63) is 29.8 Å². The van der Waals surface area contributed by atoms with Crippen molar-refractivity contribution in [2.24, 2.45) is 0 Å². The number of ketones is 1. The minimum absolute atomic E-state index is 0.0433. The lowest BCUT2D eigenvalue weighted by atomic mass is 10.1. The van der Waals surface area contributed by atoms with Crippen LogP contribution >= 0.6 is 0 Å². The molecule has 0 unspecified atom stereocenters. The molecule has 0 fully saturated rings. The summed E-state index contributed by atoms with van der Waals surface area (Å²) in [5.41, 5.74) is 0.601. The molecule has 0 aromatic heterocycles. The second-order valence-corrected chi connectivity index (χ2v) is 5.13. The number of carbonyl (C=O) groups excluding carboxylic acids is 3. The van der Waals surface area contributed by atoms with Crippen LogP contribution in [0.3, 0.4) is 0 Å². The van der Waals surface area contributed by atoms with E-state index in [1.54, 1.807) is 31.2 Å². The first-order valence-corrected chi connectivity index (χ1v) is 7.67. The summed E-state index contributed by atoms with van der Waals surface area (Å²) in [4.78, 5) is 34.5. The summed E-state index contributed by atoms with van der Waals surface area (Å²) in [5, 5.41) is 2.69. The number of Topliss-reactive ketones (excluding diaryl/α,β-unsaturated/α-hetero) is 1. The Labute approximate surface area is 136 Å². The van der Waals surface area contributed by atoms with E-state index in [1.807, 2.05) is 13.8 Å². The Hall–Kier alpha value is -2.37. The van der Waals surface area contributed by atoms with E-state index >= 15 is 0 Å². The van der Waals surface area contributed by atoms with Gasteiger partial charge in [0, 0.05) is 18.0 Å². The fraction of sp³-hybridized carbons (Fsp3) is 0.471. The molecule has 6 heteroatoms. The number of hydrogen-bond acceptors (Lipinski definition) is 5. The van der Waals surface area contributed by atoms with Crippen LogP contribution < -0.4 is 10.1 Å². The number of benzene rings is 1. The zero-order chi connectivity index (χ0) is 17.2. The van der Waals surface area contributed by atoms with Crippen LogP contribution in [0, 0.1) is 0 Å². The van der Waals surface area contributed by atoms with Gasteiger partial charge >= 0.3 is 5.97 Å². The molecule has 126 valence electrons. The average Bonchev–Trinajstić information content (AvgIpc) is 2.57. The molecule has 1 aromatic carbocycles. The third kappa shape index (κ3) is 6.95. The molecule has 1 amide bonds. The lowest BCUT2D eigenvalue weighted by Crippen LogP contribution is -2.35. The molecule has 1 aromatic rings. The normalized spacial score (nSPS) is 11.4. The molecule has 0 radical (unpaired) electrons. The smallest absolute Gasteiger partial charge is 0.344 e. The number of nitrogens with one attached hydrogen (secondary N) is 1. The Balaban J connectivity index is 2.33. The molecule has 0 saturated heterocycles. The number of rotatable bonds is 9. The van der Waals surface area contributed by atoms with Crippen LogP contribution in [0.5, 0.6) is 5.75 Å². The van der Waals surface area contributed by atoms with E-state index in [9.17, 15) is 14.4 Å². The molecule has 1 N–H and O–H groups in total. The minimum atomic E-state index is -0.627. The summed E-state index contributed by atoms with van der Waals surface area (Å²) in [7, 11) is 0. The number of esters is 1. The lowest BCUT2D eigenvalue weighted by Gasteiger charge is -2.11. The van der Waals surface area contributed by atoms with E-state index in [1.165, 1.54) is 0 Å². The highest BCUT2D eigenvalue weighted by Crippen LogP contribution is 2.13. The van der Waals surface area contributed by atoms with Crippen molar-refractivity contribution < 1.29 is 23.9 Å². The maximum Gasteiger partial charge on any atom is 0.344 e. The molecule has 0 saturated carbocycles. The van der Waals surface area contributed by atoms with Gasteiger partial charge in [0.25, 0.3) is 5.91 Å². The van der Waals surface area contributed by atoms with Crippen LogP contribution in [0.4, 0.5) is 0 Å². The van der Waals surface area contributed by atoms with Gasteiger partial charge in [0.05, 0.1) is 0 Å². The van der Waals surface area contributed by atoms with E-state index < -0.39 is 5.97 Å². The largest absolute Gasteiger partial charge is 0.482 e. The first-order chi connectivity index (χ1) is 11.0. The molecular formula is C17H23NO5. The summed E-state index contributed by atoms with van der Waals surface area (Å²) < 4.78 is 10.1. The van der Waals surface area contributed by atoms with Crippen molar-refractivity contribution in [3.8, 4) is 5.75 Å². The maximum atomic E-state index is 11.5. The van der Waals surface area contributed by atoms with Gasteiger partial charge in [-0.25, -0.2) is 4.79 Å². The van der Waals surface area contributed by atoms with Gasteiger partial charge in [-0.15, -0.1) is 0 Å². The topological polar surface area (TPSA) is 81.7 Å². The summed E-state index contributed by atoms with van der Waals surface area (Å²) in [6, 6.07) is 6.57. The minimum Gasteiger partial charge on any atom is -0.482 e. The SMILES string of the molecule is CCC(=O)c1ccc(OCC(=O)OCC(=O)N[C@@H](C)CC)cc1. The Bertz CT molecular complexity index is 538. The molecule has 1 rings (SSSR count). The first kappa shape index (κ1) is 18.7. The zero-order valence-corrected chi connectivity index (χ0v) is 13.8. The van der Waals surface area contributed by atoms with Crippen molar-refractivity contribution in [3.63, 3.8) is 0 Å². The quantitative estimate of drug-likeness (QED) is 0.556. The monoisotopic (exact) mass is 321 g/mol. The zero-order valence-electron chi connectivity index (χ0n) is 13.8. The predicted molar refractivity (Wildman–Crippen MR) is 85.4 cm³/mol. The highest BCUT2D eigenvalue weighted by molar-refractivity contribution is 5.95. The van der Waals surface area contributed by atoms with Crippen LogP contribution in [0.2, 0.25) is 0 Å². The number of amides is 1. The summed E-state index contributed by atoms with van der Waals surface area (Å²) in [5.74, 6) is -0.463. The molecule has 6 nitrogen and oxygen atoms in total. The molecule has 0 aliphatic heterocycles. The van der Waals surface area contributed by atoms with Crippen molar-refractivity contribution in [1.29, 1.82) is 0 Å². The van der Waals surface area contributed by atoms with E-state index in [0.29, 0.717) is 17.7 Å². The van der Waals surface area contributed by atoms with Crippen LogP contribution in [-0.4, -0.2) is 36.9 Å². The summed E-state index contributed by atoms with van der Waals surface area (Å²) >= 11 is 0. The van der Waals surface area contributed by atoms with Crippen molar-refractivity contribution >= 4 is 17.7 Å². The Morgan fingerprint density at radius 3 is 2.30 bits per heavy atom. The van der Waals surface area contributed by atoms with Gasteiger partial charge in [0.2, 0.25) is 0 Å². The third-order valence-electron chi connectivity index (χ3n) is 3.24. The van der Waals surface area contributed by atoms with Gasteiger partial charge in [0.1, 0.15) is 5.75 Å². The fourth-order valence-electron chi connectivity index (χ4n) is 1.69. The molecular weight excluding hydrogens is 298 g/mol. The third-order valence-corrected chi connectivity index (χ3v) is 3.24. The van der Waals surface area contributed by atoms with Gasteiger partial charge in [0.15, 0.2) is 19.0 Å². The van der Waals surface area contributed by atoms with Crippen molar-refractivity contribution in [1.82, 2.24) is 5.32 Å². The Kier molecular flexibility index (Phi) is 7.80. The maximum absolute atomic E-state index is 11.5. The summed E-state index contributed by atoms with van der Waals surface area (Å²) in [6.45, 7) is 4.99. The highest BCUT2D eigenvalue weighted by Gasteiger charge is 2.10. The second-order valence-electron chi connectivity index (χ2n) is 5.13. The average molecular weight is 321 g/mol. The van der Waals surface area contributed by atoms with Gasteiger partial charge in [-0.3, -0.25) is 9.59 Å². The first-order valence-electron chi connectivity index (χ1n) is 7.67. The molecule has 0 heterocycles. The molecule has 0 aliphatic carbocycles. The number of carbonyl (C=O) groups is 3. The molecule has 1 atom stereocenters. The van der Waals surface area contributed by atoms with E-state index in [0.717, 1.165) is 6.42 Å². The molecule has 0 spiro atoms. The molecule has 0 bridgehead atoms. The second kappa shape index (κ2) is 9.61. The lowest BCUT2D eigenvalue weighted by molar-refractivity contribution is -0.150. The van der Waals surface area contributed by atoms with Crippen molar-refractivity contribution in [2.75, 3.05) is 13.2 Å². The van der Waals surface area contributed by atoms with Gasteiger partial charge in [-0.1, -0.05) is 13.8 Å². The molecule has 23 heavy (non-hydrogen) atoms.